The smallest absolute Gasteiger partial charge is 0.255 e. The third-order valence-electron chi connectivity index (χ3n) is 4.03. The van der Waals surface area contributed by atoms with Crippen molar-refractivity contribution in [3.8, 4) is 0 Å². The van der Waals surface area contributed by atoms with Crippen molar-refractivity contribution in [2.24, 2.45) is 0 Å². The van der Waals surface area contributed by atoms with Crippen LogP contribution in [0.3, 0.4) is 0 Å². The van der Waals surface area contributed by atoms with Gasteiger partial charge < -0.3 is 5.32 Å². The molecule has 4 rings (SSSR count). The fourth-order valence-corrected chi connectivity index (χ4v) is 2.73. The molecule has 0 saturated heterocycles. The van der Waals surface area contributed by atoms with Crippen LogP contribution in [0.25, 0.3) is 10.8 Å². The van der Waals surface area contributed by atoms with Crippen LogP contribution in [0.5, 0.6) is 0 Å². The Bertz CT molecular complexity index is 1010. The van der Waals surface area contributed by atoms with Gasteiger partial charge in [-0.1, -0.05) is 42.5 Å². The Balaban J connectivity index is 1.47. The van der Waals surface area contributed by atoms with Gasteiger partial charge in [0.1, 0.15) is 12.7 Å². The summed E-state index contributed by atoms with van der Waals surface area (Å²) in [4.78, 5) is 16.4. The van der Waals surface area contributed by atoms with Gasteiger partial charge in [0.05, 0.1) is 6.54 Å². The molecular weight excluding hydrogens is 312 g/mol. The third-order valence-corrected chi connectivity index (χ3v) is 4.03. The fourth-order valence-electron chi connectivity index (χ4n) is 2.73. The molecule has 1 aromatic heterocycles. The van der Waals surface area contributed by atoms with E-state index < -0.39 is 0 Å². The minimum atomic E-state index is -0.116. The number of fused-ring (bicyclic) bond motifs is 1. The molecule has 0 fully saturated rings. The molecule has 0 bridgehead atoms. The second kappa shape index (κ2) is 6.57. The van der Waals surface area contributed by atoms with Crippen LogP contribution in [0.2, 0.25) is 0 Å². The first kappa shape index (κ1) is 15.1. The lowest BCUT2D eigenvalue weighted by Gasteiger charge is -2.08. The van der Waals surface area contributed by atoms with E-state index in [1.54, 1.807) is 11.0 Å². The molecule has 1 heterocycles. The predicted molar refractivity (Wildman–Crippen MR) is 97.5 cm³/mol. The molecule has 0 spiro atoms. The molecule has 0 unspecified atom stereocenters. The van der Waals surface area contributed by atoms with Crippen LogP contribution in [-0.4, -0.2) is 20.7 Å². The number of hydrogen-bond acceptors (Lipinski definition) is 3. The van der Waals surface area contributed by atoms with Gasteiger partial charge in [0.25, 0.3) is 5.91 Å². The molecule has 1 amide bonds. The van der Waals surface area contributed by atoms with Gasteiger partial charge in [-0.2, -0.15) is 5.10 Å². The maximum atomic E-state index is 12.5. The molecule has 5 heteroatoms. The van der Waals surface area contributed by atoms with Crippen molar-refractivity contribution in [3.05, 3.63) is 90.5 Å². The van der Waals surface area contributed by atoms with Crippen molar-refractivity contribution >= 4 is 22.4 Å². The van der Waals surface area contributed by atoms with E-state index in [0.29, 0.717) is 12.1 Å². The van der Waals surface area contributed by atoms with Crippen LogP contribution in [0, 0.1) is 0 Å². The zero-order valence-electron chi connectivity index (χ0n) is 13.5. The van der Waals surface area contributed by atoms with Crippen molar-refractivity contribution < 1.29 is 4.79 Å². The predicted octanol–water partition coefficient (Wildman–Crippen LogP) is 3.73. The Morgan fingerprint density at radius 2 is 1.76 bits per heavy atom. The van der Waals surface area contributed by atoms with E-state index in [-0.39, 0.29) is 5.91 Å². The molecule has 0 aliphatic carbocycles. The number of carbonyl (C=O) groups excluding carboxylic acids is 1. The molecule has 0 aliphatic heterocycles. The van der Waals surface area contributed by atoms with E-state index in [9.17, 15) is 4.79 Å². The second-order valence-electron chi connectivity index (χ2n) is 5.81. The topological polar surface area (TPSA) is 59.8 Å². The summed E-state index contributed by atoms with van der Waals surface area (Å²) in [5.41, 5.74) is 2.50. The van der Waals surface area contributed by atoms with Crippen molar-refractivity contribution in [2.45, 2.75) is 6.54 Å². The number of hydrogen-bond donors (Lipinski definition) is 1. The molecule has 0 atom stereocenters. The summed E-state index contributed by atoms with van der Waals surface area (Å²) in [5.74, 6) is -0.116. The lowest BCUT2D eigenvalue weighted by Crippen LogP contribution is -2.11. The quantitative estimate of drug-likeness (QED) is 0.621. The molecule has 0 saturated carbocycles. The number of rotatable bonds is 4. The Labute approximate surface area is 144 Å². The highest BCUT2D eigenvalue weighted by Gasteiger charge is 2.07. The summed E-state index contributed by atoms with van der Waals surface area (Å²) >= 11 is 0. The zero-order valence-corrected chi connectivity index (χ0v) is 13.5. The Hall–Kier alpha value is -3.47. The Morgan fingerprint density at radius 1 is 0.960 bits per heavy atom. The largest absolute Gasteiger partial charge is 0.322 e. The van der Waals surface area contributed by atoms with E-state index >= 15 is 0 Å². The SMILES string of the molecule is O=C(Nc1ccc(Cn2cncn2)cc1)c1ccc2ccccc2c1. The van der Waals surface area contributed by atoms with Gasteiger partial charge in [0, 0.05) is 11.3 Å². The van der Waals surface area contributed by atoms with E-state index in [4.69, 9.17) is 0 Å². The van der Waals surface area contributed by atoms with Crippen LogP contribution in [0.4, 0.5) is 5.69 Å². The average Bonchev–Trinajstić information content (AvgIpc) is 3.16. The van der Waals surface area contributed by atoms with E-state index in [1.165, 1.54) is 6.33 Å². The first-order valence-electron chi connectivity index (χ1n) is 7.99. The molecule has 1 N–H and O–H groups in total. The summed E-state index contributed by atoms with van der Waals surface area (Å²) in [6.45, 7) is 0.652. The van der Waals surface area contributed by atoms with Crippen LogP contribution >= 0.6 is 0 Å². The highest BCUT2D eigenvalue weighted by Crippen LogP contribution is 2.17. The lowest BCUT2D eigenvalue weighted by molar-refractivity contribution is 0.102. The summed E-state index contributed by atoms with van der Waals surface area (Å²) in [6, 6.07) is 21.4. The second-order valence-corrected chi connectivity index (χ2v) is 5.81. The number of aromatic nitrogens is 3. The molecule has 25 heavy (non-hydrogen) atoms. The average molecular weight is 328 g/mol. The molecule has 0 aliphatic rings. The van der Waals surface area contributed by atoms with Gasteiger partial charge >= 0.3 is 0 Å². The standard InChI is InChI=1S/C20H16N4O/c25-20(18-8-7-16-3-1-2-4-17(16)11-18)23-19-9-5-15(6-10-19)12-24-14-21-13-22-24/h1-11,13-14H,12H2,(H,23,25). The molecule has 122 valence electrons. The van der Waals surface area contributed by atoms with Gasteiger partial charge in [0.2, 0.25) is 0 Å². The van der Waals surface area contributed by atoms with Crippen molar-refractivity contribution in [1.82, 2.24) is 14.8 Å². The monoisotopic (exact) mass is 328 g/mol. The minimum Gasteiger partial charge on any atom is -0.322 e. The number of amides is 1. The van der Waals surface area contributed by atoms with E-state index in [2.05, 4.69) is 15.4 Å². The number of nitrogens with one attached hydrogen (secondary N) is 1. The minimum absolute atomic E-state index is 0.116. The first-order chi connectivity index (χ1) is 12.3. The number of benzene rings is 3. The highest BCUT2D eigenvalue weighted by molar-refractivity contribution is 6.06. The number of nitrogens with zero attached hydrogens (tertiary/aromatic N) is 3. The third kappa shape index (κ3) is 3.40. The Morgan fingerprint density at radius 3 is 2.52 bits per heavy atom. The van der Waals surface area contributed by atoms with Crippen LogP contribution in [0.15, 0.2) is 79.4 Å². The van der Waals surface area contributed by atoms with Gasteiger partial charge in [-0.05, 0) is 40.6 Å². The number of carbonyl (C=O) groups is 1. The van der Waals surface area contributed by atoms with Crippen LogP contribution in [-0.2, 0) is 6.54 Å². The van der Waals surface area contributed by atoms with Crippen LogP contribution < -0.4 is 5.32 Å². The maximum Gasteiger partial charge on any atom is 0.255 e. The van der Waals surface area contributed by atoms with E-state index in [0.717, 1.165) is 22.0 Å². The van der Waals surface area contributed by atoms with Gasteiger partial charge in [0.15, 0.2) is 0 Å². The maximum absolute atomic E-state index is 12.5. The molecular formula is C20H16N4O. The summed E-state index contributed by atoms with van der Waals surface area (Å²) in [5, 5.41) is 9.19. The van der Waals surface area contributed by atoms with E-state index in [1.807, 2.05) is 66.7 Å². The van der Waals surface area contributed by atoms with Gasteiger partial charge in [-0.15, -0.1) is 0 Å². The molecule has 0 radical (unpaired) electrons. The lowest BCUT2D eigenvalue weighted by atomic mass is 10.1. The molecule has 4 aromatic rings. The summed E-state index contributed by atoms with van der Waals surface area (Å²) in [6.07, 6.45) is 3.19. The van der Waals surface area contributed by atoms with Gasteiger partial charge in [-0.3, -0.25) is 4.79 Å². The van der Waals surface area contributed by atoms with Crippen LogP contribution in [0.1, 0.15) is 15.9 Å². The normalized spacial score (nSPS) is 10.7. The molecule has 5 nitrogen and oxygen atoms in total. The highest BCUT2D eigenvalue weighted by atomic mass is 16.1. The summed E-state index contributed by atoms with van der Waals surface area (Å²) in [7, 11) is 0. The van der Waals surface area contributed by atoms with Gasteiger partial charge in [-0.25, -0.2) is 9.67 Å². The fraction of sp³-hybridized carbons (Fsp3) is 0.0500. The van der Waals surface area contributed by atoms with Crippen molar-refractivity contribution in [3.63, 3.8) is 0 Å². The van der Waals surface area contributed by atoms with Crippen molar-refractivity contribution in [1.29, 1.82) is 0 Å². The Kier molecular flexibility index (Phi) is 3.96. The number of anilines is 1. The molecule has 3 aromatic carbocycles. The first-order valence-corrected chi connectivity index (χ1v) is 7.99. The zero-order chi connectivity index (χ0) is 17.1. The summed E-state index contributed by atoms with van der Waals surface area (Å²) < 4.78 is 1.75. The van der Waals surface area contributed by atoms with Crippen molar-refractivity contribution in [2.75, 3.05) is 5.32 Å².